The highest BCUT2D eigenvalue weighted by atomic mass is 16.5. The molecule has 2 N–H and O–H groups in total. The fourth-order valence-electron chi connectivity index (χ4n) is 3.78. The number of aromatic nitrogens is 2. The molecule has 0 bridgehead atoms. The fourth-order valence-corrected chi connectivity index (χ4v) is 3.78. The maximum atomic E-state index is 12.8. The summed E-state index contributed by atoms with van der Waals surface area (Å²) in [5, 5.41) is 3.12. The number of aromatic amines is 1. The maximum absolute atomic E-state index is 12.8. The molecule has 3 heterocycles. The van der Waals surface area contributed by atoms with Crippen molar-refractivity contribution in [2.24, 2.45) is 5.92 Å². The zero-order valence-electron chi connectivity index (χ0n) is 15.9. The van der Waals surface area contributed by atoms with Gasteiger partial charge < -0.3 is 14.8 Å². The molecular formula is C20H21N3O5. The van der Waals surface area contributed by atoms with Crippen LogP contribution in [0.4, 0.5) is 5.82 Å². The van der Waals surface area contributed by atoms with E-state index in [4.69, 9.17) is 9.47 Å². The largest absolute Gasteiger partial charge is 0.497 e. The Balaban J connectivity index is 2.01. The third kappa shape index (κ3) is 2.81. The first-order valence-corrected chi connectivity index (χ1v) is 9.08. The standard InChI is InChI=1S/C20H21N3O5/c1-10(2)8-23-17-16(18(24)22-20(23)26)14(11-5-4-6-12(7-11)27-3)15-13(21-17)9-28-19(15)25/h4-7,10,14,21H,8-9H2,1-3H3,(H,22,24,26). The topological polar surface area (TPSA) is 102 Å². The van der Waals surface area contributed by atoms with Crippen LogP contribution in [-0.4, -0.2) is 29.2 Å². The van der Waals surface area contributed by atoms with Gasteiger partial charge in [0.05, 0.1) is 29.9 Å². The molecule has 0 amide bonds. The molecule has 0 spiro atoms. The Morgan fingerprint density at radius 3 is 2.79 bits per heavy atom. The summed E-state index contributed by atoms with van der Waals surface area (Å²) in [6.45, 7) is 4.47. The number of carbonyl (C=O) groups is 1. The van der Waals surface area contributed by atoms with E-state index in [1.165, 1.54) is 4.57 Å². The highest BCUT2D eigenvalue weighted by molar-refractivity contribution is 5.96. The van der Waals surface area contributed by atoms with Gasteiger partial charge in [-0.2, -0.15) is 0 Å². The maximum Gasteiger partial charge on any atom is 0.337 e. The minimum absolute atomic E-state index is 0.0801. The smallest absolute Gasteiger partial charge is 0.337 e. The van der Waals surface area contributed by atoms with Crippen molar-refractivity contribution in [2.45, 2.75) is 26.3 Å². The number of methoxy groups -OCH3 is 1. The predicted octanol–water partition coefficient (Wildman–Crippen LogP) is 1.57. The van der Waals surface area contributed by atoms with Gasteiger partial charge in [-0.25, -0.2) is 9.59 Å². The van der Waals surface area contributed by atoms with E-state index < -0.39 is 23.1 Å². The molecule has 2 aliphatic heterocycles. The molecule has 1 unspecified atom stereocenters. The lowest BCUT2D eigenvalue weighted by Crippen LogP contribution is -2.39. The Kier molecular flexibility index (Phi) is 4.33. The number of esters is 1. The van der Waals surface area contributed by atoms with Gasteiger partial charge in [0.1, 0.15) is 18.2 Å². The van der Waals surface area contributed by atoms with Crippen LogP contribution < -0.4 is 21.3 Å². The van der Waals surface area contributed by atoms with Gasteiger partial charge in [0.15, 0.2) is 0 Å². The molecule has 1 atom stereocenters. The first-order chi connectivity index (χ1) is 13.4. The first kappa shape index (κ1) is 18.1. The molecule has 8 heteroatoms. The van der Waals surface area contributed by atoms with Crippen molar-refractivity contribution in [2.75, 3.05) is 19.0 Å². The number of carbonyl (C=O) groups excluding carboxylic acids is 1. The van der Waals surface area contributed by atoms with E-state index in [2.05, 4.69) is 10.3 Å². The van der Waals surface area contributed by atoms with E-state index in [1.54, 1.807) is 25.3 Å². The number of ether oxygens (including phenoxy) is 2. The number of hydrogen-bond donors (Lipinski definition) is 2. The average molecular weight is 383 g/mol. The molecule has 2 aliphatic rings. The van der Waals surface area contributed by atoms with Crippen molar-refractivity contribution < 1.29 is 14.3 Å². The van der Waals surface area contributed by atoms with Gasteiger partial charge in [0.25, 0.3) is 5.56 Å². The Bertz CT molecular complexity index is 1110. The van der Waals surface area contributed by atoms with E-state index in [0.717, 1.165) is 0 Å². The molecule has 2 aromatic rings. The number of rotatable bonds is 4. The van der Waals surface area contributed by atoms with Crippen LogP contribution in [-0.2, 0) is 16.1 Å². The first-order valence-electron chi connectivity index (χ1n) is 9.08. The number of nitrogens with one attached hydrogen (secondary N) is 2. The van der Waals surface area contributed by atoms with Gasteiger partial charge >= 0.3 is 11.7 Å². The summed E-state index contributed by atoms with van der Waals surface area (Å²) >= 11 is 0. The van der Waals surface area contributed by atoms with Gasteiger partial charge in [-0.05, 0) is 23.6 Å². The fraction of sp³-hybridized carbons (Fsp3) is 0.350. The average Bonchev–Trinajstić information content (AvgIpc) is 3.04. The lowest BCUT2D eigenvalue weighted by molar-refractivity contribution is -0.136. The van der Waals surface area contributed by atoms with Gasteiger partial charge in [0.2, 0.25) is 0 Å². The summed E-state index contributed by atoms with van der Waals surface area (Å²) in [7, 11) is 1.55. The molecule has 1 aromatic carbocycles. The van der Waals surface area contributed by atoms with Crippen LogP contribution >= 0.6 is 0 Å². The number of nitrogens with zero attached hydrogens (tertiary/aromatic N) is 1. The van der Waals surface area contributed by atoms with Gasteiger partial charge in [-0.1, -0.05) is 26.0 Å². The number of fused-ring (bicyclic) bond motifs is 1. The van der Waals surface area contributed by atoms with Crippen LogP contribution in [0, 0.1) is 5.92 Å². The second kappa shape index (κ2) is 6.70. The van der Waals surface area contributed by atoms with E-state index in [0.29, 0.717) is 40.5 Å². The summed E-state index contributed by atoms with van der Waals surface area (Å²) in [6, 6.07) is 7.20. The monoisotopic (exact) mass is 383 g/mol. The summed E-state index contributed by atoms with van der Waals surface area (Å²) in [5.74, 6) is 0.0769. The van der Waals surface area contributed by atoms with E-state index in [-0.39, 0.29) is 12.5 Å². The van der Waals surface area contributed by atoms with Crippen LogP contribution in [0.3, 0.4) is 0 Å². The van der Waals surface area contributed by atoms with Crippen molar-refractivity contribution in [3.8, 4) is 5.75 Å². The SMILES string of the molecule is COc1cccc(C2C3=C(COC3=O)Nc3c2c(=O)[nH]c(=O)n3CC(C)C)c1. The normalized spacial score (nSPS) is 17.9. The Morgan fingerprint density at radius 2 is 2.07 bits per heavy atom. The van der Waals surface area contributed by atoms with Crippen molar-refractivity contribution >= 4 is 11.8 Å². The zero-order valence-corrected chi connectivity index (χ0v) is 15.9. The quantitative estimate of drug-likeness (QED) is 0.777. The summed E-state index contributed by atoms with van der Waals surface area (Å²) < 4.78 is 12.0. The zero-order chi connectivity index (χ0) is 20.0. The Labute approximate surface area is 160 Å². The molecule has 1 aromatic heterocycles. The summed E-state index contributed by atoms with van der Waals surface area (Å²) in [6.07, 6.45) is 0. The summed E-state index contributed by atoms with van der Waals surface area (Å²) in [4.78, 5) is 40.2. The van der Waals surface area contributed by atoms with E-state index in [1.807, 2.05) is 19.9 Å². The molecule has 0 fully saturated rings. The van der Waals surface area contributed by atoms with Crippen molar-refractivity contribution in [3.05, 3.63) is 67.5 Å². The predicted molar refractivity (Wildman–Crippen MR) is 103 cm³/mol. The van der Waals surface area contributed by atoms with Gasteiger partial charge in [-0.3, -0.25) is 14.3 Å². The van der Waals surface area contributed by atoms with Gasteiger partial charge in [-0.15, -0.1) is 0 Å². The number of cyclic esters (lactones) is 1. The highest BCUT2D eigenvalue weighted by Gasteiger charge is 2.41. The molecule has 4 rings (SSSR count). The van der Waals surface area contributed by atoms with Crippen LogP contribution in [0.25, 0.3) is 0 Å². The van der Waals surface area contributed by atoms with E-state index in [9.17, 15) is 14.4 Å². The van der Waals surface area contributed by atoms with Crippen LogP contribution in [0.15, 0.2) is 45.1 Å². The van der Waals surface area contributed by atoms with Gasteiger partial charge in [0, 0.05) is 6.54 Å². The molecule has 0 radical (unpaired) electrons. The lowest BCUT2D eigenvalue weighted by atomic mass is 9.82. The second-order valence-electron chi connectivity index (χ2n) is 7.33. The van der Waals surface area contributed by atoms with Crippen molar-refractivity contribution in [1.82, 2.24) is 9.55 Å². The molecule has 28 heavy (non-hydrogen) atoms. The number of hydrogen-bond acceptors (Lipinski definition) is 6. The number of anilines is 1. The molecule has 0 saturated heterocycles. The highest BCUT2D eigenvalue weighted by Crippen LogP contribution is 2.42. The van der Waals surface area contributed by atoms with Crippen molar-refractivity contribution in [3.63, 3.8) is 0 Å². The molecule has 146 valence electrons. The van der Waals surface area contributed by atoms with Crippen LogP contribution in [0.5, 0.6) is 5.75 Å². The van der Waals surface area contributed by atoms with Crippen LogP contribution in [0.1, 0.15) is 30.9 Å². The lowest BCUT2D eigenvalue weighted by Gasteiger charge is -2.28. The minimum Gasteiger partial charge on any atom is -0.497 e. The number of H-pyrrole nitrogens is 1. The summed E-state index contributed by atoms with van der Waals surface area (Å²) in [5.41, 5.74) is 1.00. The van der Waals surface area contributed by atoms with Crippen molar-refractivity contribution in [1.29, 1.82) is 0 Å². The molecule has 0 saturated carbocycles. The third-order valence-corrected chi connectivity index (χ3v) is 4.95. The molecule has 8 nitrogen and oxygen atoms in total. The molecule has 0 aliphatic carbocycles. The minimum atomic E-state index is -0.654. The Hall–Kier alpha value is -3.29. The Morgan fingerprint density at radius 1 is 1.29 bits per heavy atom. The third-order valence-electron chi connectivity index (χ3n) is 4.95. The van der Waals surface area contributed by atoms with Crippen LogP contribution in [0.2, 0.25) is 0 Å². The number of benzene rings is 1. The van der Waals surface area contributed by atoms with E-state index >= 15 is 0 Å². The molecular weight excluding hydrogens is 362 g/mol. The second-order valence-corrected chi connectivity index (χ2v) is 7.33.